The van der Waals surface area contributed by atoms with Crippen LogP contribution >= 0.6 is 12.4 Å². The first-order valence-electron chi connectivity index (χ1n) is 7.96. The third kappa shape index (κ3) is 4.23. The third-order valence-corrected chi connectivity index (χ3v) is 4.61. The minimum atomic E-state index is -0.449. The van der Waals surface area contributed by atoms with Crippen LogP contribution in [0.15, 0.2) is 24.3 Å². The molecule has 0 bridgehead atoms. The number of hydrogen-bond acceptors (Lipinski definition) is 2. The molecule has 0 aliphatic carbocycles. The Labute approximate surface area is 140 Å². The van der Waals surface area contributed by atoms with Crippen molar-refractivity contribution in [3.63, 3.8) is 0 Å². The molecule has 1 N–H and O–H groups in total. The summed E-state index contributed by atoms with van der Waals surface area (Å²) < 4.78 is 0. The Morgan fingerprint density at radius 2 is 1.95 bits per heavy atom. The van der Waals surface area contributed by atoms with Gasteiger partial charge in [-0.3, -0.25) is 4.79 Å². The average molecular weight is 325 g/mol. The van der Waals surface area contributed by atoms with Crippen molar-refractivity contribution in [3.05, 3.63) is 35.4 Å². The molecule has 0 saturated carbocycles. The largest absolute Gasteiger partial charge is 0.342 e. The fourth-order valence-corrected chi connectivity index (χ4v) is 3.19. The van der Waals surface area contributed by atoms with Crippen molar-refractivity contribution in [2.45, 2.75) is 39.0 Å². The second kappa shape index (κ2) is 7.98. The molecule has 1 fully saturated rings. The van der Waals surface area contributed by atoms with Gasteiger partial charge < -0.3 is 10.2 Å². The number of nitrogens with one attached hydrogen (secondary N) is 1. The summed E-state index contributed by atoms with van der Waals surface area (Å²) in [5.74, 6) is 0.841. The molecule has 3 nitrogen and oxygen atoms in total. The van der Waals surface area contributed by atoms with E-state index in [4.69, 9.17) is 0 Å². The van der Waals surface area contributed by atoms with E-state index < -0.39 is 5.41 Å². The highest BCUT2D eigenvalue weighted by Crippen LogP contribution is 2.28. The number of likely N-dealkylation sites (tertiary alicyclic amines) is 1. The van der Waals surface area contributed by atoms with Crippen LogP contribution in [0.1, 0.15) is 37.8 Å². The highest BCUT2D eigenvalue weighted by molar-refractivity contribution is 5.87. The quantitative estimate of drug-likeness (QED) is 0.922. The number of halogens is 1. The van der Waals surface area contributed by atoms with Crippen LogP contribution in [0.3, 0.4) is 0 Å². The lowest BCUT2D eigenvalue weighted by Gasteiger charge is -2.38. The maximum Gasteiger partial charge on any atom is 0.232 e. The SMILES string of the molecule is CNCC1CCCN(C(=O)C(C)(C)c2ccc(C)cc2)C1.Cl. The minimum absolute atomic E-state index is 0. The van der Waals surface area contributed by atoms with Crippen molar-refractivity contribution in [3.8, 4) is 0 Å². The van der Waals surface area contributed by atoms with Crippen molar-refractivity contribution in [2.24, 2.45) is 5.92 Å². The lowest BCUT2D eigenvalue weighted by atomic mass is 9.82. The van der Waals surface area contributed by atoms with Crippen molar-refractivity contribution in [1.29, 1.82) is 0 Å². The van der Waals surface area contributed by atoms with Gasteiger partial charge >= 0.3 is 0 Å². The Hall–Kier alpha value is -1.06. The summed E-state index contributed by atoms with van der Waals surface area (Å²) in [4.78, 5) is 15.0. The van der Waals surface area contributed by atoms with Gasteiger partial charge in [0, 0.05) is 13.1 Å². The van der Waals surface area contributed by atoms with Gasteiger partial charge in [0.25, 0.3) is 0 Å². The van der Waals surface area contributed by atoms with Crippen molar-refractivity contribution < 1.29 is 4.79 Å². The summed E-state index contributed by atoms with van der Waals surface area (Å²) in [7, 11) is 1.98. The third-order valence-electron chi connectivity index (χ3n) is 4.61. The predicted octanol–water partition coefficient (Wildman–Crippen LogP) is 3.15. The van der Waals surface area contributed by atoms with E-state index in [9.17, 15) is 4.79 Å². The van der Waals surface area contributed by atoms with E-state index in [1.54, 1.807) is 0 Å². The lowest BCUT2D eigenvalue weighted by Crippen LogP contribution is -2.49. The van der Waals surface area contributed by atoms with Crippen LogP contribution in [0.5, 0.6) is 0 Å². The first-order valence-corrected chi connectivity index (χ1v) is 7.96. The standard InChI is InChI=1S/C18H28N2O.ClH/c1-14-7-9-16(10-8-14)18(2,3)17(21)20-11-5-6-15(13-20)12-19-4;/h7-10,15,19H,5-6,11-13H2,1-4H3;1H. The number of piperidine rings is 1. The van der Waals surface area contributed by atoms with Gasteiger partial charge in [-0.15, -0.1) is 12.4 Å². The number of nitrogens with zero attached hydrogens (tertiary/aromatic N) is 1. The molecule has 0 radical (unpaired) electrons. The number of carbonyl (C=O) groups is 1. The number of aryl methyl sites for hydroxylation is 1. The average Bonchev–Trinajstić information content (AvgIpc) is 2.47. The fourth-order valence-electron chi connectivity index (χ4n) is 3.19. The van der Waals surface area contributed by atoms with Gasteiger partial charge in [-0.25, -0.2) is 0 Å². The van der Waals surface area contributed by atoms with E-state index in [0.29, 0.717) is 5.92 Å². The van der Waals surface area contributed by atoms with Crippen LogP contribution in [-0.4, -0.2) is 37.5 Å². The van der Waals surface area contributed by atoms with E-state index in [1.807, 2.05) is 20.9 Å². The topological polar surface area (TPSA) is 32.3 Å². The molecular weight excluding hydrogens is 296 g/mol. The summed E-state index contributed by atoms with van der Waals surface area (Å²) in [6, 6.07) is 8.35. The van der Waals surface area contributed by atoms with Gasteiger partial charge in [0.1, 0.15) is 0 Å². The molecule has 0 aromatic heterocycles. The van der Waals surface area contributed by atoms with Crippen molar-refractivity contribution >= 4 is 18.3 Å². The van der Waals surface area contributed by atoms with Crippen LogP contribution in [0, 0.1) is 12.8 Å². The maximum atomic E-state index is 13.0. The highest BCUT2D eigenvalue weighted by atomic mass is 35.5. The molecule has 4 heteroatoms. The molecule has 1 atom stereocenters. The summed E-state index contributed by atoms with van der Waals surface area (Å²) in [6.07, 6.45) is 2.33. The van der Waals surface area contributed by atoms with Gasteiger partial charge in [-0.05, 0) is 58.7 Å². The molecule has 1 aromatic rings. The predicted molar refractivity (Wildman–Crippen MR) is 94.7 cm³/mol. The van der Waals surface area contributed by atoms with Gasteiger partial charge in [-0.2, -0.15) is 0 Å². The van der Waals surface area contributed by atoms with Crippen molar-refractivity contribution in [1.82, 2.24) is 10.2 Å². The first kappa shape index (κ1) is 19.0. The van der Waals surface area contributed by atoms with Crippen LogP contribution in [-0.2, 0) is 10.2 Å². The van der Waals surface area contributed by atoms with Crippen LogP contribution in [0.2, 0.25) is 0 Å². The molecule has 22 heavy (non-hydrogen) atoms. The molecule has 1 amide bonds. The second-order valence-electron chi connectivity index (χ2n) is 6.81. The zero-order valence-electron chi connectivity index (χ0n) is 14.2. The molecular formula is C18H29ClN2O. The number of carbonyl (C=O) groups excluding carboxylic acids is 1. The number of benzene rings is 1. The number of hydrogen-bond donors (Lipinski definition) is 1. The van der Waals surface area contributed by atoms with E-state index >= 15 is 0 Å². The zero-order valence-corrected chi connectivity index (χ0v) is 15.0. The molecule has 124 valence electrons. The van der Waals surface area contributed by atoms with E-state index in [1.165, 1.54) is 12.0 Å². The van der Waals surface area contributed by atoms with Gasteiger partial charge in [0.2, 0.25) is 5.91 Å². The molecule has 1 unspecified atom stereocenters. The number of amides is 1. The Morgan fingerprint density at radius 3 is 2.55 bits per heavy atom. The molecule has 0 spiro atoms. The minimum Gasteiger partial charge on any atom is -0.342 e. The molecule has 1 heterocycles. The Morgan fingerprint density at radius 1 is 1.32 bits per heavy atom. The second-order valence-corrected chi connectivity index (χ2v) is 6.81. The Kier molecular flexibility index (Phi) is 6.89. The van der Waals surface area contributed by atoms with Crippen LogP contribution in [0.25, 0.3) is 0 Å². The van der Waals surface area contributed by atoms with Gasteiger partial charge in [0.15, 0.2) is 0 Å². The molecule has 2 rings (SSSR count). The van der Waals surface area contributed by atoms with Crippen LogP contribution < -0.4 is 5.32 Å². The summed E-state index contributed by atoms with van der Waals surface area (Å²) in [6.45, 7) is 8.94. The summed E-state index contributed by atoms with van der Waals surface area (Å²) in [5, 5.41) is 3.24. The Balaban J connectivity index is 0.00000242. The molecule has 1 aromatic carbocycles. The molecule has 1 aliphatic rings. The Bertz CT molecular complexity index is 482. The normalized spacial score (nSPS) is 18.7. The lowest BCUT2D eigenvalue weighted by molar-refractivity contribution is -0.138. The molecule has 1 saturated heterocycles. The van der Waals surface area contributed by atoms with Crippen molar-refractivity contribution in [2.75, 3.05) is 26.7 Å². The van der Waals surface area contributed by atoms with Crippen LogP contribution in [0.4, 0.5) is 0 Å². The van der Waals surface area contributed by atoms with E-state index in [0.717, 1.165) is 31.6 Å². The van der Waals surface area contributed by atoms with Gasteiger partial charge in [-0.1, -0.05) is 29.8 Å². The number of rotatable bonds is 4. The monoisotopic (exact) mass is 324 g/mol. The smallest absolute Gasteiger partial charge is 0.232 e. The first-order chi connectivity index (χ1) is 9.95. The maximum absolute atomic E-state index is 13.0. The van der Waals surface area contributed by atoms with E-state index in [-0.39, 0.29) is 18.3 Å². The van der Waals surface area contributed by atoms with E-state index in [2.05, 4.69) is 41.4 Å². The van der Waals surface area contributed by atoms with Gasteiger partial charge in [0.05, 0.1) is 5.41 Å². The molecule has 1 aliphatic heterocycles. The zero-order chi connectivity index (χ0) is 15.5. The highest BCUT2D eigenvalue weighted by Gasteiger charge is 2.35. The summed E-state index contributed by atoms with van der Waals surface area (Å²) in [5.41, 5.74) is 1.89. The fraction of sp³-hybridized carbons (Fsp3) is 0.611. The summed E-state index contributed by atoms with van der Waals surface area (Å²) >= 11 is 0.